The molecule has 0 N–H and O–H groups in total. The third-order valence-electron chi connectivity index (χ3n) is 3.84. The molecule has 0 aromatic heterocycles. The Bertz CT molecular complexity index is 434. The van der Waals surface area contributed by atoms with Crippen molar-refractivity contribution in [2.45, 2.75) is 38.0 Å². The van der Waals surface area contributed by atoms with E-state index in [9.17, 15) is 9.18 Å². The van der Waals surface area contributed by atoms with Crippen molar-refractivity contribution in [3.63, 3.8) is 0 Å². The number of hydrogen-bond donors (Lipinski definition) is 0. The Kier molecular flexibility index (Phi) is 3.18. The van der Waals surface area contributed by atoms with Gasteiger partial charge in [-0.1, -0.05) is 18.9 Å². The van der Waals surface area contributed by atoms with Gasteiger partial charge in [-0.05, 0) is 37.5 Å². The summed E-state index contributed by atoms with van der Waals surface area (Å²) in [5.74, 6) is -0.0254. The van der Waals surface area contributed by atoms with E-state index in [1.807, 2.05) is 6.07 Å². The molecule has 1 aliphatic carbocycles. The maximum Gasteiger partial charge on any atom is 0.165 e. The summed E-state index contributed by atoms with van der Waals surface area (Å²) >= 11 is 0. The molecular weight excluding hydrogens is 219 g/mol. The molecule has 2 nitrogen and oxygen atoms in total. The molecule has 0 saturated heterocycles. The zero-order valence-electron chi connectivity index (χ0n) is 10.3. The van der Waals surface area contributed by atoms with Gasteiger partial charge in [-0.15, -0.1) is 0 Å². The second kappa shape index (κ2) is 4.47. The molecule has 1 aliphatic rings. The first-order valence-corrected chi connectivity index (χ1v) is 5.95. The number of benzene rings is 1. The predicted octanol–water partition coefficient (Wildman–Crippen LogP) is 3.24. The second-order valence-electron chi connectivity index (χ2n) is 4.69. The van der Waals surface area contributed by atoms with Crippen molar-refractivity contribution < 1.29 is 13.9 Å². The van der Waals surface area contributed by atoms with Gasteiger partial charge in [0.05, 0.1) is 12.5 Å². The van der Waals surface area contributed by atoms with Crippen LogP contribution in [-0.4, -0.2) is 12.9 Å². The third kappa shape index (κ3) is 1.94. The first kappa shape index (κ1) is 12.1. The lowest BCUT2D eigenvalue weighted by Crippen LogP contribution is -2.30. The standard InChI is InChI=1S/C14H17FO2/c1-10(16)14(7-3-4-8-14)11-5-6-13(17-2)12(15)9-11/h5-6,9H,3-4,7-8H2,1-2H3. The second-order valence-corrected chi connectivity index (χ2v) is 4.69. The number of rotatable bonds is 3. The lowest BCUT2D eigenvalue weighted by Gasteiger charge is -2.26. The average Bonchev–Trinajstić information content (AvgIpc) is 2.79. The van der Waals surface area contributed by atoms with Crippen LogP contribution < -0.4 is 4.74 Å². The van der Waals surface area contributed by atoms with E-state index in [4.69, 9.17) is 4.74 Å². The molecule has 0 aliphatic heterocycles. The number of ether oxygens (including phenoxy) is 1. The molecule has 92 valence electrons. The number of ketones is 1. The van der Waals surface area contributed by atoms with Gasteiger partial charge < -0.3 is 4.74 Å². The van der Waals surface area contributed by atoms with Gasteiger partial charge in [0.25, 0.3) is 0 Å². The summed E-state index contributed by atoms with van der Waals surface area (Å²) in [5.41, 5.74) is 0.327. The molecule has 0 heterocycles. The number of carbonyl (C=O) groups excluding carboxylic acids is 1. The Hall–Kier alpha value is -1.38. The molecule has 1 saturated carbocycles. The van der Waals surface area contributed by atoms with Gasteiger partial charge in [0.1, 0.15) is 5.78 Å². The van der Waals surface area contributed by atoms with E-state index in [2.05, 4.69) is 0 Å². The minimum Gasteiger partial charge on any atom is -0.494 e. The van der Waals surface area contributed by atoms with Crippen LogP contribution in [0, 0.1) is 5.82 Å². The summed E-state index contributed by atoms with van der Waals surface area (Å²) in [5, 5.41) is 0. The Morgan fingerprint density at radius 1 is 1.35 bits per heavy atom. The van der Waals surface area contributed by atoms with E-state index in [1.165, 1.54) is 13.2 Å². The summed E-state index contributed by atoms with van der Waals surface area (Å²) < 4.78 is 18.6. The molecule has 1 aromatic carbocycles. The van der Waals surface area contributed by atoms with Crippen LogP contribution in [0.1, 0.15) is 38.2 Å². The van der Waals surface area contributed by atoms with Crippen molar-refractivity contribution in [1.29, 1.82) is 0 Å². The Labute approximate surface area is 101 Å². The van der Waals surface area contributed by atoms with E-state index < -0.39 is 11.2 Å². The van der Waals surface area contributed by atoms with Crippen molar-refractivity contribution in [1.82, 2.24) is 0 Å². The highest BCUT2D eigenvalue weighted by atomic mass is 19.1. The Morgan fingerprint density at radius 3 is 2.47 bits per heavy atom. The van der Waals surface area contributed by atoms with E-state index in [1.54, 1.807) is 13.0 Å². The summed E-state index contributed by atoms with van der Waals surface area (Å²) in [4.78, 5) is 11.9. The highest BCUT2D eigenvalue weighted by Crippen LogP contribution is 2.42. The highest BCUT2D eigenvalue weighted by molar-refractivity contribution is 5.88. The third-order valence-corrected chi connectivity index (χ3v) is 3.84. The lowest BCUT2D eigenvalue weighted by atomic mass is 9.76. The van der Waals surface area contributed by atoms with Gasteiger partial charge in [-0.25, -0.2) is 4.39 Å². The van der Waals surface area contributed by atoms with E-state index in [0.29, 0.717) is 0 Å². The van der Waals surface area contributed by atoms with Crippen molar-refractivity contribution >= 4 is 5.78 Å². The quantitative estimate of drug-likeness (QED) is 0.805. The number of methoxy groups -OCH3 is 1. The molecule has 3 heteroatoms. The number of hydrogen-bond acceptors (Lipinski definition) is 2. The predicted molar refractivity (Wildman–Crippen MR) is 63.8 cm³/mol. The largest absolute Gasteiger partial charge is 0.494 e. The van der Waals surface area contributed by atoms with Crippen molar-refractivity contribution in [3.05, 3.63) is 29.6 Å². The van der Waals surface area contributed by atoms with Crippen LogP contribution in [0.5, 0.6) is 5.75 Å². The van der Waals surface area contributed by atoms with Crippen LogP contribution >= 0.6 is 0 Å². The van der Waals surface area contributed by atoms with Crippen LogP contribution in [0.15, 0.2) is 18.2 Å². The summed E-state index contributed by atoms with van der Waals surface area (Å²) in [6, 6.07) is 4.87. The fourth-order valence-electron chi connectivity index (χ4n) is 2.79. The van der Waals surface area contributed by atoms with Gasteiger partial charge in [0.2, 0.25) is 0 Å². The van der Waals surface area contributed by atoms with Gasteiger partial charge in [-0.2, -0.15) is 0 Å². The van der Waals surface area contributed by atoms with Crippen molar-refractivity contribution in [2.75, 3.05) is 7.11 Å². The number of halogens is 1. The SMILES string of the molecule is COc1ccc(C2(C(C)=O)CCCC2)cc1F. The average molecular weight is 236 g/mol. The van der Waals surface area contributed by atoms with Gasteiger partial charge in [0.15, 0.2) is 11.6 Å². The zero-order valence-corrected chi connectivity index (χ0v) is 10.3. The summed E-state index contributed by atoms with van der Waals surface area (Å²) in [6.07, 6.45) is 3.72. The Balaban J connectivity index is 2.44. The lowest BCUT2D eigenvalue weighted by molar-refractivity contribution is -0.122. The fourth-order valence-corrected chi connectivity index (χ4v) is 2.79. The number of carbonyl (C=O) groups is 1. The summed E-state index contributed by atoms with van der Waals surface area (Å²) in [6.45, 7) is 1.60. The maximum absolute atomic E-state index is 13.7. The highest BCUT2D eigenvalue weighted by Gasteiger charge is 2.40. The summed E-state index contributed by atoms with van der Waals surface area (Å²) in [7, 11) is 1.44. The molecule has 0 spiro atoms. The van der Waals surface area contributed by atoms with Gasteiger partial charge in [0, 0.05) is 0 Å². The molecular formula is C14H17FO2. The normalized spacial score (nSPS) is 18.1. The minimum atomic E-state index is -0.465. The molecule has 1 fully saturated rings. The fraction of sp³-hybridized carbons (Fsp3) is 0.500. The number of Topliss-reactive ketones (excluding diaryl/α,β-unsaturated/α-hetero) is 1. The zero-order chi connectivity index (χ0) is 12.5. The van der Waals surface area contributed by atoms with Crippen LogP contribution in [0.4, 0.5) is 4.39 Å². The van der Waals surface area contributed by atoms with E-state index in [-0.39, 0.29) is 11.5 Å². The molecule has 0 atom stereocenters. The molecule has 0 radical (unpaired) electrons. The van der Waals surface area contributed by atoms with E-state index >= 15 is 0 Å². The Morgan fingerprint density at radius 2 is 2.00 bits per heavy atom. The first-order chi connectivity index (χ1) is 8.10. The van der Waals surface area contributed by atoms with Crippen LogP contribution in [-0.2, 0) is 10.2 Å². The topological polar surface area (TPSA) is 26.3 Å². The van der Waals surface area contributed by atoms with Crippen LogP contribution in [0.25, 0.3) is 0 Å². The molecule has 1 aromatic rings. The van der Waals surface area contributed by atoms with Gasteiger partial charge in [-0.3, -0.25) is 4.79 Å². The van der Waals surface area contributed by atoms with Crippen LogP contribution in [0.2, 0.25) is 0 Å². The molecule has 17 heavy (non-hydrogen) atoms. The van der Waals surface area contributed by atoms with Gasteiger partial charge >= 0.3 is 0 Å². The van der Waals surface area contributed by atoms with Crippen LogP contribution in [0.3, 0.4) is 0 Å². The first-order valence-electron chi connectivity index (χ1n) is 5.95. The van der Waals surface area contributed by atoms with Crippen molar-refractivity contribution in [2.24, 2.45) is 0 Å². The molecule has 2 rings (SSSR count). The van der Waals surface area contributed by atoms with Crippen molar-refractivity contribution in [3.8, 4) is 5.75 Å². The monoisotopic (exact) mass is 236 g/mol. The maximum atomic E-state index is 13.7. The molecule has 0 unspecified atom stereocenters. The molecule has 0 amide bonds. The minimum absolute atomic E-state index is 0.138. The van der Waals surface area contributed by atoms with E-state index in [0.717, 1.165) is 31.2 Å². The smallest absolute Gasteiger partial charge is 0.165 e. The molecule has 0 bridgehead atoms.